The molecule has 3 heteroatoms. The van der Waals surface area contributed by atoms with Gasteiger partial charge < -0.3 is 4.84 Å². The molecule has 0 saturated heterocycles. The fourth-order valence-electron chi connectivity index (χ4n) is 2.68. The van der Waals surface area contributed by atoms with Crippen LogP contribution in [0.25, 0.3) is 0 Å². The molecule has 0 fully saturated rings. The summed E-state index contributed by atoms with van der Waals surface area (Å²) in [5.74, 6) is 0. The van der Waals surface area contributed by atoms with Crippen LogP contribution in [0.5, 0.6) is 0 Å². The van der Waals surface area contributed by atoms with Crippen LogP contribution in [0.1, 0.15) is 36.5 Å². The smallest absolute Gasteiger partial charge is 0.168 e. The monoisotopic (exact) mass is 299 g/mol. The van der Waals surface area contributed by atoms with Gasteiger partial charge in [0.2, 0.25) is 0 Å². The summed E-state index contributed by atoms with van der Waals surface area (Å²) < 4.78 is 0. The van der Waals surface area contributed by atoms with Crippen LogP contribution < -0.4 is 0 Å². The highest BCUT2D eigenvalue weighted by molar-refractivity contribution is 6.30. The van der Waals surface area contributed by atoms with Crippen molar-refractivity contribution in [1.82, 2.24) is 0 Å². The van der Waals surface area contributed by atoms with E-state index >= 15 is 0 Å². The Balaban J connectivity index is 1.88. The van der Waals surface area contributed by atoms with Crippen molar-refractivity contribution in [1.29, 1.82) is 0 Å². The molecule has 0 N–H and O–H groups in total. The van der Waals surface area contributed by atoms with E-state index in [-0.39, 0.29) is 5.60 Å². The summed E-state index contributed by atoms with van der Waals surface area (Å²) >= 11 is 5.98. The fourth-order valence-corrected chi connectivity index (χ4v) is 2.81. The molecule has 2 aromatic rings. The molecule has 1 heterocycles. The molecule has 2 aromatic carbocycles. The number of nitrogens with zero attached hydrogens (tertiary/aromatic N) is 1. The molecule has 0 amide bonds. The van der Waals surface area contributed by atoms with Crippen molar-refractivity contribution in [2.24, 2.45) is 5.16 Å². The minimum absolute atomic E-state index is 0.370. The molecular formula is C18H18ClNO. The molecule has 0 unspecified atom stereocenters. The van der Waals surface area contributed by atoms with E-state index in [1.54, 1.807) is 0 Å². The number of rotatable bonds is 3. The Hall–Kier alpha value is -1.80. The van der Waals surface area contributed by atoms with E-state index in [1.165, 1.54) is 5.56 Å². The Labute approximate surface area is 130 Å². The third kappa shape index (κ3) is 2.68. The molecule has 1 atom stereocenters. The molecule has 0 aromatic heterocycles. The highest BCUT2D eigenvalue weighted by atomic mass is 35.5. The Morgan fingerprint density at radius 1 is 1.10 bits per heavy atom. The van der Waals surface area contributed by atoms with E-state index in [0.29, 0.717) is 0 Å². The van der Waals surface area contributed by atoms with Crippen LogP contribution in [0.15, 0.2) is 53.7 Å². The van der Waals surface area contributed by atoms with Crippen molar-refractivity contribution in [3.8, 4) is 0 Å². The molecular weight excluding hydrogens is 282 g/mol. The van der Waals surface area contributed by atoms with Gasteiger partial charge in [-0.2, -0.15) is 0 Å². The second-order valence-electron chi connectivity index (χ2n) is 5.53. The Morgan fingerprint density at radius 3 is 2.38 bits per heavy atom. The van der Waals surface area contributed by atoms with Crippen LogP contribution in [0, 0.1) is 6.92 Å². The van der Waals surface area contributed by atoms with Crippen LogP contribution >= 0.6 is 11.6 Å². The summed E-state index contributed by atoms with van der Waals surface area (Å²) in [5.41, 5.74) is 4.14. The first-order valence-electron chi connectivity index (χ1n) is 7.21. The Bertz CT molecular complexity index is 661. The predicted octanol–water partition coefficient (Wildman–Crippen LogP) is 5.08. The lowest BCUT2D eigenvalue weighted by Crippen LogP contribution is -2.25. The molecule has 0 aliphatic carbocycles. The average Bonchev–Trinajstić information content (AvgIpc) is 2.94. The van der Waals surface area contributed by atoms with Crippen molar-refractivity contribution in [3.05, 3.63) is 70.2 Å². The van der Waals surface area contributed by atoms with Crippen LogP contribution in [-0.4, -0.2) is 5.71 Å². The minimum atomic E-state index is -0.370. The summed E-state index contributed by atoms with van der Waals surface area (Å²) in [7, 11) is 0. The number of hydrogen-bond donors (Lipinski definition) is 0. The zero-order valence-corrected chi connectivity index (χ0v) is 13.0. The topological polar surface area (TPSA) is 21.6 Å². The molecule has 0 radical (unpaired) electrons. The number of aryl methyl sites for hydroxylation is 1. The summed E-state index contributed by atoms with van der Waals surface area (Å²) in [6.45, 7) is 4.21. The SMILES string of the molecule is CC[C@@]1(c2ccc(Cl)cc2)CC(c2ccc(C)cc2)=NO1. The van der Waals surface area contributed by atoms with E-state index in [0.717, 1.165) is 34.7 Å². The Morgan fingerprint density at radius 2 is 1.76 bits per heavy atom. The molecule has 2 nitrogen and oxygen atoms in total. The van der Waals surface area contributed by atoms with Crippen LogP contribution in [-0.2, 0) is 10.4 Å². The van der Waals surface area contributed by atoms with Gasteiger partial charge in [0.1, 0.15) is 0 Å². The molecule has 108 valence electrons. The summed E-state index contributed by atoms with van der Waals surface area (Å²) in [4.78, 5) is 5.86. The van der Waals surface area contributed by atoms with Crippen molar-refractivity contribution in [3.63, 3.8) is 0 Å². The zero-order chi connectivity index (χ0) is 14.9. The molecule has 1 aliphatic rings. The van der Waals surface area contributed by atoms with E-state index < -0.39 is 0 Å². The van der Waals surface area contributed by atoms with E-state index in [4.69, 9.17) is 16.4 Å². The van der Waals surface area contributed by atoms with Crippen molar-refractivity contribution >= 4 is 17.3 Å². The first-order valence-corrected chi connectivity index (χ1v) is 7.59. The van der Waals surface area contributed by atoms with Gasteiger partial charge in [-0.25, -0.2) is 0 Å². The van der Waals surface area contributed by atoms with Gasteiger partial charge in [-0.3, -0.25) is 0 Å². The predicted molar refractivity (Wildman–Crippen MR) is 86.8 cm³/mol. The van der Waals surface area contributed by atoms with Crippen LogP contribution in [0.3, 0.4) is 0 Å². The highest BCUT2D eigenvalue weighted by Gasteiger charge is 2.39. The van der Waals surface area contributed by atoms with Crippen LogP contribution in [0.4, 0.5) is 0 Å². The first-order chi connectivity index (χ1) is 10.1. The van der Waals surface area contributed by atoms with Crippen molar-refractivity contribution in [2.45, 2.75) is 32.3 Å². The molecule has 3 rings (SSSR count). The molecule has 1 aliphatic heterocycles. The van der Waals surface area contributed by atoms with Gasteiger partial charge in [0.15, 0.2) is 5.60 Å². The van der Waals surface area contributed by atoms with E-state index in [1.807, 2.05) is 24.3 Å². The van der Waals surface area contributed by atoms with Crippen molar-refractivity contribution in [2.75, 3.05) is 0 Å². The third-order valence-corrected chi connectivity index (χ3v) is 4.36. The quantitative estimate of drug-likeness (QED) is 0.774. The lowest BCUT2D eigenvalue weighted by molar-refractivity contribution is -0.0263. The van der Waals surface area contributed by atoms with Crippen molar-refractivity contribution < 1.29 is 4.84 Å². The minimum Gasteiger partial charge on any atom is -0.384 e. The summed E-state index contributed by atoms with van der Waals surface area (Å²) in [5, 5.41) is 5.08. The van der Waals surface area contributed by atoms with Crippen LogP contribution in [0.2, 0.25) is 5.02 Å². The van der Waals surface area contributed by atoms with Gasteiger partial charge in [-0.1, -0.05) is 65.6 Å². The summed E-state index contributed by atoms with van der Waals surface area (Å²) in [6, 6.07) is 16.3. The number of halogens is 1. The second-order valence-corrected chi connectivity index (χ2v) is 5.96. The number of oxime groups is 1. The summed E-state index contributed by atoms with van der Waals surface area (Å²) in [6.07, 6.45) is 1.65. The molecule has 21 heavy (non-hydrogen) atoms. The first kappa shape index (κ1) is 14.2. The fraction of sp³-hybridized carbons (Fsp3) is 0.278. The maximum absolute atomic E-state index is 5.98. The lowest BCUT2D eigenvalue weighted by Gasteiger charge is -2.25. The van der Waals surface area contributed by atoms with Gasteiger partial charge >= 0.3 is 0 Å². The van der Waals surface area contributed by atoms with E-state index in [2.05, 4.69) is 43.3 Å². The second kappa shape index (κ2) is 5.53. The Kier molecular flexibility index (Phi) is 3.73. The standard InChI is InChI=1S/C18H18ClNO/c1-3-18(15-8-10-16(19)11-9-15)12-17(20-21-18)14-6-4-13(2)5-7-14/h4-11H,3,12H2,1-2H3/t18-/m0/s1. The normalized spacial score (nSPS) is 21.0. The van der Waals surface area contributed by atoms with Gasteiger partial charge in [-0.05, 0) is 36.6 Å². The molecule has 0 bridgehead atoms. The highest BCUT2D eigenvalue weighted by Crippen LogP contribution is 2.39. The number of benzene rings is 2. The average molecular weight is 300 g/mol. The molecule has 0 saturated carbocycles. The zero-order valence-electron chi connectivity index (χ0n) is 12.3. The maximum atomic E-state index is 5.98. The van der Waals surface area contributed by atoms with E-state index in [9.17, 15) is 0 Å². The largest absolute Gasteiger partial charge is 0.384 e. The van der Waals surface area contributed by atoms with Gasteiger partial charge in [-0.15, -0.1) is 0 Å². The maximum Gasteiger partial charge on any atom is 0.168 e. The lowest BCUT2D eigenvalue weighted by atomic mass is 9.85. The molecule has 0 spiro atoms. The third-order valence-electron chi connectivity index (χ3n) is 4.11. The van der Waals surface area contributed by atoms with Gasteiger partial charge in [0.05, 0.1) is 5.71 Å². The van der Waals surface area contributed by atoms with Gasteiger partial charge in [0.25, 0.3) is 0 Å². The number of hydrogen-bond acceptors (Lipinski definition) is 2. The van der Waals surface area contributed by atoms with Gasteiger partial charge in [0, 0.05) is 11.4 Å².